The summed E-state index contributed by atoms with van der Waals surface area (Å²) in [6, 6.07) is 1.80. The van der Waals surface area contributed by atoms with Crippen LogP contribution in [-0.4, -0.2) is 89.7 Å². The van der Waals surface area contributed by atoms with E-state index in [-0.39, 0.29) is 12.2 Å². The molecule has 0 radical (unpaired) electrons. The zero-order valence-electron chi connectivity index (χ0n) is 20.4. The molecule has 2 aliphatic heterocycles. The molecule has 0 aliphatic carbocycles. The van der Waals surface area contributed by atoms with Gasteiger partial charge in [-0.2, -0.15) is 28.1 Å². The van der Waals surface area contributed by atoms with Crippen molar-refractivity contribution < 1.29 is 32.5 Å². The molecule has 1 atom stereocenters. The Hall–Kier alpha value is -3.13. The lowest BCUT2D eigenvalue weighted by Crippen LogP contribution is -2.42. The number of anilines is 3. The molecule has 0 amide bonds. The number of aliphatic carboxylic acids is 1. The van der Waals surface area contributed by atoms with Crippen LogP contribution in [0.2, 0.25) is 5.02 Å². The fourth-order valence-corrected chi connectivity index (χ4v) is 4.05. The Kier molecular flexibility index (Phi) is 9.92. The number of rotatable bonds is 6. The average Bonchev–Trinajstić information content (AvgIpc) is 2.88. The quantitative estimate of drug-likeness (QED) is 0.553. The Bertz CT molecular complexity index is 1040. The largest absolute Gasteiger partial charge is 0.490 e. The number of alkyl halides is 3. The van der Waals surface area contributed by atoms with E-state index in [0.717, 1.165) is 51.9 Å². The summed E-state index contributed by atoms with van der Waals surface area (Å²) in [6.07, 6.45) is 2.43. The van der Waals surface area contributed by atoms with Gasteiger partial charge >= 0.3 is 12.1 Å². The fraction of sp³-hybridized carbons (Fsp3) is 0.591. The number of methoxy groups -OCH3 is 1. The second-order valence-electron chi connectivity index (χ2n) is 8.40. The normalized spacial score (nSPS) is 18.6. The van der Waals surface area contributed by atoms with Crippen LogP contribution in [0.4, 0.5) is 31.0 Å². The van der Waals surface area contributed by atoms with Gasteiger partial charge in [0.2, 0.25) is 17.8 Å². The van der Waals surface area contributed by atoms with Gasteiger partial charge in [-0.25, -0.2) is 4.79 Å². The van der Waals surface area contributed by atoms with Crippen LogP contribution < -0.4 is 19.9 Å². The number of carboxylic acids is 1. The van der Waals surface area contributed by atoms with Gasteiger partial charge in [-0.1, -0.05) is 11.6 Å². The maximum absolute atomic E-state index is 10.6. The summed E-state index contributed by atoms with van der Waals surface area (Å²) in [5.41, 5.74) is 0. The zero-order valence-corrected chi connectivity index (χ0v) is 21.2. The second-order valence-corrected chi connectivity index (χ2v) is 8.84. The van der Waals surface area contributed by atoms with Crippen molar-refractivity contribution >= 4 is 35.4 Å². The van der Waals surface area contributed by atoms with Gasteiger partial charge in [-0.15, -0.1) is 0 Å². The fourth-order valence-electron chi connectivity index (χ4n) is 3.88. The molecule has 2 N–H and O–H groups in total. The topological polar surface area (TPSA) is 126 Å². The third-order valence-electron chi connectivity index (χ3n) is 5.78. The van der Waals surface area contributed by atoms with E-state index in [1.165, 1.54) is 0 Å². The molecule has 11 nitrogen and oxygen atoms in total. The molecule has 2 fully saturated rings. The molecular weight excluding hydrogens is 519 g/mol. The summed E-state index contributed by atoms with van der Waals surface area (Å²) in [7, 11) is 3.59. The summed E-state index contributed by atoms with van der Waals surface area (Å²) in [5.74, 6) is -0.0645. The summed E-state index contributed by atoms with van der Waals surface area (Å²) in [6.45, 7) is 3.35. The number of carbonyl (C=O) groups is 1. The van der Waals surface area contributed by atoms with Crippen molar-refractivity contribution in [2.24, 2.45) is 0 Å². The summed E-state index contributed by atoms with van der Waals surface area (Å²) < 4.78 is 43.3. The van der Waals surface area contributed by atoms with Crippen molar-refractivity contribution in [3.63, 3.8) is 0 Å². The van der Waals surface area contributed by atoms with Crippen LogP contribution >= 0.6 is 11.6 Å². The van der Waals surface area contributed by atoms with E-state index in [4.69, 9.17) is 36.0 Å². The number of pyridine rings is 1. The molecule has 0 spiro atoms. The van der Waals surface area contributed by atoms with Crippen LogP contribution in [0.3, 0.4) is 0 Å². The monoisotopic (exact) mass is 547 g/mol. The Balaban J connectivity index is 0.000000479. The van der Waals surface area contributed by atoms with Crippen LogP contribution in [0.1, 0.15) is 25.7 Å². The minimum absolute atomic E-state index is 0.121. The highest BCUT2D eigenvalue weighted by Crippen LogP contribution is 2.25. The van der Waals surface area contributed by atoms with Crippen molar-refractivity contribution in [3.8, 4) is 5.75 Å². The number of piperidine rings is 2. The number of nitrogens with zero attached hydrogens (tertiary/aromatic N) is 6. The van der Waals surface area contributed by atoms with E-state index in [0.29, 0.717) is 28.6 Å². The molecule has 0 bridgehead atoms. The predicted octanol–water partition coefficient (Wildman–Crippen LogP) is 3.26. The number of aromatic nitrogens is 4. The van der Waals surface area contributed by atoms with Gasteiger partial charge in [0.25, 0.3) is 0 Å². The Labute approximate surface area is 217 Å². The lowest BCUT2D eigenvalue weighted by Gasteiger charge is -2.34. The molecule has 204 valence electrons. The van der Waals surface area contributed by atoms with E-state index >= 15 is 0 Å². The highest BCUT2D eigenvalue weighted by atomic mass is 35.5. The van der Waals surface area contributed by atoms with Crippen molar-refractivity contribution in [3.05, 3.63) is 23.5 Å². The van der Waals surface area contributed by atoms with Crippen molar-refractivity contribution in [1.29, 1.82) is 0 Å². The molecule has 0 aromatic carbocycles. The maximum atomic E-state index is 10.6. The van der Waals surface area contributed by atoms with Gasteiger partial charge in [0.05, 0.1) is 17.3 Å². The second kappa shape index (κ2) is 12.9. The smallest absolute Gasteiger partial charge is 0.489 e. The van der Waals surface area contributed by atoms with Crippen LogP contribution in [0.25, 0.3) is 0 Å². The molecule has 4 rings (SSSR count). The molecular formula is C22H29ClF3N7O4. The van der Waals surface area contributed by atoms with Gasteiger partial charge in [-0.3, -0.25) is 4.98 Å². The molecule has 2 aromatic heterocycles. The first kappa shape index (κ1) is 28.4. The van der Waals surface area contributed by atoms with Gasteiger partial charge in [0.15, 0.2) is 0 Å². The highest BCUT2D eigenvalue weighted by molar-refractivity contribution is 6.30. The first-order chi connectivity index (χ1) is 17.6. The summed E-state index contributed by atoms with van der Waals surface area (Å²) >= 11 is 6.00. The van der Waals surface area contributed by atoms with Crippen LogP contribution in [0.15, 0.2) is 18.5 Å². The first-order valence-electron chi connectivity index (χ1n) is 11.6. The van der Waals surface area contributed by atoms with Crippen molar-refractivity contribution in [2.75, 3.05) is 55.5 Å². The van der Waals surface area contributed by atoms with Crippen LogP contribution in [0, 0.1) is 0 Å². The van der Waals surface area contributed by atoms with E-state index in [9.17, 15) is 13.2 Å². The standard InChI is InChI=1S/C20H28ClN7O2.C2HF3O2/c1-22-18-24-19(26-20(25-18)28-7-3-4-16(13-28)29-2)27-8-5-15(6-9-27)30-17-10-14(21)11-23-12-17;3-2(4,5)1(6)7/h10-12,15-16H,3-9,13H2,1-2H3,(H,22,24,25,26);(H,6,7). The number of hydrogen-bond donors (Lipinski definition) is 2. The number of carboxylic acid groups (broad SMARTS) is 1. The van der Waals surface area contributed by atoms with Crippen molar-refractivity contribution in [1.82, 2.24) is 19.9 Å². The number of hydrogen-bond acceptors (Lipinski definition) is 10. The van der Waals surface area contributed by atoms with Gasteiger partial charge in [0.1, 0.15) is 11.9 Å². The van der Waals surface area contributed by atoms with Crippen LogP contribution in [-0.2, 0) is 9.53 Å². The molecule has 2 aromatic rings. The molecule has 1 unspecified atom stereocenters. The van der Waals surface area contributed by atoms with E-state index < -0.39 is 12.1 Å². The zero-order chi connectivity index (χ0) is 27.0. The lowest BCUT2D eigenvalue weighted by atomic mass is 10.1. The third-order valence-corrected chi connectivity index (χ3v) is 5.99. The molecule has 15 heteroatoms. The molecule has 0 saturated carbocycles. The number of ether oxygens (including phenoxy) is 2. The molecule has 2 aliphatic rings. The Morgan fingerprint density at radius 3 is 2.30 bits per heavy atom. The lowest BCUT2D eigenvalue weighted by molar-refractivity contribution is -0.192. The van der Waals surface area contributed by atoms with Crippen molar-refractivity contribution in [2.45, 2.75) is 44.1 Å². The van der Waals surface area contributed by atoms with Crippen LogP contribution in [0.5, 0.6) is 5.75 Å². The highest BCUT2D eigenvalue weighted by Gasteiger charge is 2.38. The average molecular weight is 548 g/mol. The predicted molar refractivity (Wildman–Crippen MR) is 130 cm³/mol. The maximum Gasteiger partial charge on any atom is 0.490 e. The molecule has 4 heterocycles. The molecule has 2 saturated heterocycles. The van der Waals surface area contributed by atoms with E-state index in [2.05, 4.69) is 30.1 Å². The third kappa shape index (κ3) is 8.45. The number of nitrogens with one attached hydrogen (secondary N) is 1. The first-order valence-corrected chi connectivity index (χ1v) is 12.0. The molecule has 37 heavy (non-hydrogen) atoms. The van der Waals surface area contributed by atoms with Gasteiger partial charge in [-0.05, 0) is 12.8 Å². The van der Waals surface area contributed by atoms with E-state index in [1.54, 1.807) is 25.6 Å². The van der Waals surface area contributed by atoms with Gasteiger partial charge < -0.3 is 29.7 Å². The summed E-state index contributed by atoms with van der Waals surface area (Å²) in [4.78, 5) is 31.3. The van der Waals surface area contributed by atoms with Gasteiger partial charge in [0, 0.05) is 65.4 Å². The Morgan fingerprint density at radius 1 is 1.08 bits per heavy atom. The van der Waals surface area contributed by atoms with E-state index in [1.807, 2.05) is 7.05 Å². The minimum atomic E-state index is -5.08. The SMILES string of the molecule is CNc1nc(N2CCC(Oc3cncc(Cl)c3)CC2)nc(N2CCCC(OC)C2)n1.O=C(O)C(F)(F)F. The summed E-state index contributed by atoms with van der Waals surface area (Å²) in [5, 5.41) is 10.8. The Morgan fingerprint density at radius 2 is 1.73 bits per heavy atom. The minimum Gasteiger partial charge on any atom is -0.489 e. The number of halogens is 4.